The summed E-state index contributed by atoms with van der Waals surface area (Å²) >= 11 is 0. The van der Waals surface area contributed by atoms with E-state index in [0.717, 1.165) is 11.5 Å². The first kappa shape index (κ1) is 15.0. The Bertz CT molecular complexity index is 616. The van der Waals surface area contributed by atoms with Gasteiger partial charge in [-0.05, 0) is 36.0 Å². The van der Waals surface area contributed by atoms with Crippen LogP contribution in [0.4, 0.5) is 0 Å². The number of benzene rings is 2. The Kier molecular flexibility index (Phi) is 4.72. The summed E-state index contributed by atoms with van der Waals surface area (Å²) in [6.45, 7) is 1.61. The third-order valence-electron chi connectivity index (χ3n) is 4.83. The summed E-state index contributed by atoms with van der Waals surface area (Å²) < 4.78 is 0. The molecule has 2 aromatic carbocycles. The van der Waals surface area contributed by atoms with Gasteiger partial charge in [0.25, 0.3) is 0 Å². The minimum Gasteiger partial charge on any atom is -0.295 e. The van der Waals surface area contributed by atoms with Gasteiger partial charge >= 0.3 is 0 Å². The van der Waals surface area contributed by atoms with Gasteiger partial charge in [0.1, 0.15) is 0 Å². The summed E-state index contributed by atoms with van der Waals surface area (Å²) in [6, 6.07) is 16.8. The van der Waals surface area contributed by atoms with Crippen LogP contribution in [0.15, 0.2) is 48.5 Å². The van der Waals surface area contributed by atoms with Crippen LogP contribution in [0, 0.1) is 5.92 Å². The second kappa shape index (κ2) is 6.91. The lowest BCUT2D eigenvalue weighted by Gasteiger charge is -2.21. The highest BCUT2D eigenvalue weighted by atomic mass is 16.1. The zero-order valence-electron chi connectivity index (χ0n) is 13.3. The normalized spacial score (nSPS) is 15.7. The van der Waals surface area contributed by atoms with Crippen molar-refractivity contribution in [3.05, 3.63) is 59.7 Å². The van der Waals surface area contributed by atoms with Gasteiger partial charge in [-0.2, -0.15) is 0 Å². The SMILES string of the molecule is CC(=O)c1ccc(-c2ccc(CC3CCCCC3)cc2)cc1. The number of Topliss-reactive ketones (excluding diaryl/α,β-unsaturated/α-hetero) is 1. The second-order valence-electron chi connectivity index (χ2n) is 6.54. The van der Waals surface area contributed by atoms with Crippen LogP contribution >= 0.6 is 0 Å². The van der Waals surface area contributed by atoms with Crippen LogP contribution in [0.2, 0.25) is 0 Å². The van der Waals surface area contributed by atoms with Crippen LogP contribution in [-0.2, 0) is 6.42 Å². The predicted octanol–water partition coefficient (Wildman–Crippen LogP) is 5.68. The topological polar surface area (TPSA) is 17.1 Å². The molecule has 0 bridgehead atoms. The summed E-state index contributed by atoms with van der Waals surface area (Å²) in [7, 11) is 0. The van der Waals surface area contributed by atoms with E-state index in [1.54, 1.807) is 6.92 Å². The van der Waals surface area contributed by atoms with Gasteiger partial charge in [0, 0.05) is 5.56 Å². The third-order valence-corrected chi connectivity index (χ3v) is 4.83. The van der Waals surface area contributed by atoms with E-state index < -0.39 is 0 Å². The molecule has 114 valence electrons. The van der Waals surface area contributed by atoms with E-state index in [2.05, 4.69) is 24.3 Å². The molecule has 1 saturated carbocycles. The molecular formula is C21H24O. The number of hydrogen-bond acceptors (Lipinski definition) is 1. The van der Waals surface area contributed by atoms with E-state index in [9.17, 15) is 4.79 Å². The number of carbonyl (C=O) groups is 1. The Morgan fingerprint density at radius 2 is 1.41 bits per heavy atom. The van der Waals surface area contributed by atoms with Crippen molar-refractivity contribution in [2.24, 2.45) is 5.92 Å². The lowest BCUT2D eigenvalue weighted by atomic mass is 9.84. The van der Waals surface area contributed by atoms with Crippen LogP contribution in [0.25, 0.3) is 11.1 Å². The molecule has 0 aliphatic heterocycles. The minimum absolute atomic E-state index is 0.120. The average molecular weight is 292 g/mol. The smallest absolute Gasteiger partial charge is 0.159 e. The van der Waals surface area contributed by atoms with Crippen molar-refractivity contribution in [2.75, 3.05) is 0 Å². The Morgan fingerprint density at radius 3 is 1.95 bits per heavy atom. The Hall–Kier alpha value is -1.89. The molecule has 1 nitrogen and oxygen atoms in total. The van der Waals surface area contributed by atoms with E-state index in [4.69, 9.17) is 0 Å². The summed E-state index contributed by atoms with van der Waals surface area (Å²) in [5, 5.41) is 0. The third kappa shape index (κ3) is 3.65. The van der Waals surface area contributed by atoms with Crippen molar-refractivity contribution in [1.82, 2.24) is 0 Å². The highest BCUT2D eigenvalue weighted by Crippen LogP contribution is 2.28. The van der Waals surface area contributed by atoms with Gasteiger partial charge in [0.15, 0.2) is 5.78 Å². The monoisotopic (exact) mass is 292 g/mol. The van der Waals surface area contributed by atoms with E-state index in [0.29, 0.717) is 0 Å². The van der Waals surface area contributed by atoms with Gasteiger partial charge in [-0.1, -0.05) is 80.6 Å². The van der Waals surface area contributed by atoms with Crippen molar-refractivity contribution in [2.45, 2.75) is 45.4 Å². The molecule has 0 heterocycles. The maximum absolute atomic E-state index is 11.3. The van der Waals surface area contributed by atoms with Crippen molar-refractivity contribution < 1.29 is 4.79 Å². The molecule has 0 unspecified atom stereocenters. The van der Waals surface area contributed by atoms with Gasteiger partial charge in [-0.25, -0.2) is 0 Å². The molecule has 1 fully saturated rings. The summed E-state index contributed by atoms with van der Waals surface area (Å²) in [4.78, 5) is 11.3. The zero-order chi connectivity index (χ0) is 15.4. The Balaban J connectivity index is 1.69. The second-order valence-corrected chi connectivity index (χ2v) is 6.54. The molecule has 0 radical (unpaired) electrons. The van der Waals surface area contributed by atoms with E-state index in [1.165, 1.54) is 55.2 Å². The quantitative estimate of drug-likeness (QED) is 0.663. The van der Waals surface area contributed by atoms with Gasteiger partial charge < -0.3 is 0 Å². The number of hydrogen-bond donors (Lipinski definition) is 0. The van der Waals surface area contributed by atoms with Crippen LogP contribution in [0.1, 0.15) is 54.9 Å². The molecule has 0 atom stereocenters. The molecule has 22 heavy (non-hydrogen) atoms. The highest BCUT2D eigenvalue weighted by molar-refractivity contribution is 5.94. The molecule has 0 amide bonds. The lowest BCUT2D eigenvalue weighted by molar-refractivity contribution is 0.101. The first-order valence-corrected chi connectivity index (χ1v) is 8.43. The number of rotatable bonds is 4. The fourth-order valence-electron chi connectivity index (χ4n) is 3.46. The first-order valence-electron chi connectivity index (χ1n) is 8.43. The van der Waals surface area contributed by atoms with Crippen molar-refractivity contribution in [1.29, 1.82) is 0 Å². The highest BCUT2D eigenvalue weighted by Gasteiger charge is 2.13. The minimum atomic E-state index is 0.120. The average Bonchev–Trinajstić information content (AvgIpc) is 2.57. The molecule has 3 rings (SSSR count). The molecule has 0 N–H and O–H groups in total. The summed E-state index contributed by atoms with van der Waals surface area (Å²) in [5.41, 5.74) is 4.63. The number of ketones is 1. The largest absolute Gasteiger partial charge is 0.295 e. The zero-order valence-corrected chi connectivity index (χ0v) is 13.3. The van der Waals surface area contributed by atoms with Crippen LogP contribution in [0.3, 0.4) is 0 Å². The van der Waals surface area contributed by atoms with Crippen LogP contribution in [0.5, 0.6) is 0 Å². The Labute approximate surface area is 133 Å². The van der Waals surface area contributed by atoms with Gasteiger partial charge in [-0.3, -0.25) is 4.79 Å². The van der Waals surface area contributed by atoms with Crippen LogP contribution in [-0.4, -0.2) is 5.78 Å². The fraction of sp³-hybridized carbons (Fsp3) is 0.381. The van der Waals surface area contributed by atoms with E-state index in [1.807, 2.05) is 24.3 Å². The fourth-order valence-corrected chi connectivity index (χ4v) is 3.46. The first-order chi connectivity index (χ1) is 10.7. The van der Waals surface area contributed by atoms with Gasteiger partial charge in [-0.15, -0.1) is 0 Å². The molecule has 0 spiro atoms. The summed E-state index contributed by atoms with van der Waals surface area (Å²) in [6.07, 6.45) is 8.26. The molecule has 1 aliphatic carbocycles. The Morgan fingerprint density at radius 1 is 0.864 bits per heavy atom. The van der Waals surface area contributed by atoms with Gasteiger partial charge in [0.05, 0.1) is 0 Å². The van der Waals surface area contributed by atoms with Crippen LogP contribution < -0.4 is 0 Å². The van der Waals surface area contributed by atoms with Crippen molar-refractivity contribution in [3.63, 3.8) is 0 Å². The number of carbonyl (C=O) groups excluding carboxylic acids is 1. The molecule has 1 aliphatic rings. The molecule has 1 heteroatoms. The predicted molar refractivity (Wildman–Crippen MR) is 92.2 cm³/mol. The lowest BCUT2D eigenvalue weighted by Crippen LogP contribution is -2.09. The molecule has 0 aromatic heterocycles. The van der Waals surface area contributed by atoms with Gasteiger partial charge in [0.2, 0.25) is 0 Å². The molecule has 2 aromatic rings. The maximum Gasteiger partial charge on any atom is 0.159 e. The van der Waals surface area contributed by atoms with E-state index in [-0.39, 0.29) is 5.78 Å². The standard InChI is InChI=1S/C21H24O/c1-16(22)19-11-13-21(14-12-19)20-9-7-18(8-10-20)15-17-5-3-2-4-6-17/h7-14,17H,2-6,15H2,1H3. The molecule has 0 saturated heterocycles. The van der Waals surface area contributed by atoms with Crippen molar-refractivity contribution in [3.8, 4) is 11.1 Å². The maximum atomic E-state index is 11.3. The molecular weight excluding hydrogens is 268 g/mol. The van der Waals surface area contributed by atoms with Crippen molar-refractivity contribution >= 4 is 5.78 Å². The van der Waals surface area contributed by atoms with E-state index >= 15 is 0 Å². The summed E-state index contributed by atoms with van der Waals surface area (Å²) in [5.74, 6) is 1.00.